The summed E-state index contributed by atoms with van der Waals surface area (Å²) in [6.07, 6.45) is 0. The van der Waals surface area contributed by atoms with Crippen LogP contribution in [0.5, 0.6) is 0 Å². The molecule has 0 saturated heterocycles. The number of amides is 1. The molecule has 1 atom stereocenters. The fourth-order valence-corrected chi connectivity index (χ4v) is 3.21. The number of nitrogens with zero attached hydrogens (tertiary/aromatic N) is 1. The minimum atomic E-state index is -0.875. The van der Waals surface area contributed by atoms with Crippen molar-refractivity contribution in [1.82, 2.24) is 10.3 Å². The highest BCUT2D eigenvalue weighted by atomic mass is 16.5. The molecule has 0 spiro atoms. The van der Waals surface area contributed by atoms with E-state index < -0.39 is 18.0 Å². The predicted molar refractivity (Wildman–Crippen MR) is 116 cm³/mol. The summed E-state index contributed by atoms with van der Waals surface area (Å²) in [4.78, 5) is 41.8. The lowest BCUT2D eigenvalue weighted by molar-refractivity contribution is -0.146. The van der Waals surface area contributed by atoms with Crippen LogP contribution in [0, 0.1) is 6.92 Å². The van der Waals surface area contributed by atoms with Crippen LogP contribution >= 0.6 is 0 Å². The molecular weight excluding hydrogens is 396 g/mol. The second kappa shape index (κ2) is 9.84. The molecule has 0 radical (unpaired) electrons. The molecule has 1 N–H and O–H groups in total. The number of carbonyl (C=O) groups excluding carboxylic acids is 3. The standard InChI is InChI=1S/C24H24N2O5/c1-4-30-24(29)21-15(2)18-12-8-9-13-19(18)26-20(21)14-31-23(28)16(3)25-22(27)17-10-6-5-7-11-17/h5-13,16H,4,14H2,1-3H3,(H,25,27)/t16-/m0/s1. The summed E-state index contributed by atoms with van der Waals surface area (Å²) in [7, 11) is 0. The number of pyridine rings is 1. The van der Waals surface area contributed by atoms with Gasteiger partial charge in [0.2, 0.25) is 0 Å². The lowest BCUT2D eigenvalue weighted by Crippen LogP contribution is -2.39. The minimum Gasteiger partial charge on any atom is -0.462 e. The smallest absolute Gasteiger partial charge is 0.340 e. The summed E-state index contributed by atoms with van der Waals surface area (Å²) in [5.41, 5.74) is 2.43. The molecule has 0 fully saturated rings. The monoisotopic (exact) mass is 420 g/mol. The van der Waals surface area contributed by atoms with Gasteiger partial charge in [-0.15, -0.1) is 0 Å². The fourth-order valence-electron chi connectivity index (χ4n) is 3.21. The van der Waals surface area contributed by atoms with Crippen LogP contribution in [0.2, 0.25) is 0 Å². The van der Waals surface area contributed by atoms with Crippen molar-refractivity contribution in [2.24, 2.45) is 0 Å². The van der Waals surface area contributed by atoms with Gasteiger partial charge in [0.1, 0.15) is 12.6 Å². The van der Waals surface area contributed by atoms with Crippen LogP contribution in [0.4, 0.5) is 0 Å². The van der Waals surface area contributed by atoms with Crippen molar-refractivity contribution in [3.8, 4) is 0 Å². The second-order valence-electron chi connectivity index (χ2n) is 6.97. The highest BCUT2D eigenvalue weighted by molar-refractivity contribution is 5.98. The molecule has 0 aliphatic rings. The molecule has 1 amide bonds. The number of fused-ring (bicyclic) bond motifs is 1. The Bertz CT molecular complexity index is 1110. The minimum absolute atomic E-state index is 0.215. The van der Waals surface area contributed by atoms with Gasteiger partial charge in [0.05, 0.1) is 23.4 Å². The van der Waals surface area contributed by atoms with Crippen LogP contribution < -0.4 is 5.32 Å². The van der Waals surface area contributed by atoms with E-state index in [1.54, 1.807) is 37.3 Å². The third-order valence-corrected chi connectivity index (χ3v) is 4.79. The maximum Gasteiger partial charge on any atom is 0.340 e. The Morgan fingerprint density at radius 2 is 1.68 bits per heavy atom. The maximum absolute atomic E-state index is 12.6. The molecule has 2 aromatic carbocycles. The summed E-state index contributed by atoms with van der Waals surface area (Å²) in [5, 5.41) is 3.43. The van der Waals surface area contributed by atoms with Gasteiger partial charge in [0.25, 0.3) is 5.91 Å². The number of carbonyl (C=O) groups is 3. The number of hydrogen-bond donors (Lipinski definition) is 1. The molecule has 7 nitrogen and oxygen atoms in total. The highest BCUT2D eigenvalue weighted by Crippen LogP contribution is 2.24. The van der Waals surface area contributed by atoms with Gasteiger partial charge < -0.3 is 14.8 Å². The first kappa shape index (κ1) is 22.0. The molecule has 0 aliphatic carbocycles. The van der Waals surface area contributed by atoms with Crippen molar-refractivity contribution in [1.29, 1.82) is 0 Å². The molecule has 1 heterocycles. The summed E-state index contributed by atoms with van der Waals surface area (Å²) in [6.45, 7) is 5.06. The van der Waals surface area contributed by atoms with E-state index in [0.29, 0.717) is 22.3 Å². The number of hydrogen-bond acceptors (Lipinski definition) is 6. The Hall–Kier alpha value is -3.74. The zero-order valence-corrected chi connectivity index (χ0v) is 17.7. The zero-order valence-electron chi connectivity index (χ0n) is 17.7. The van der Waals surface area contributed by atoms with Crippen molar-refractivity contribution in [3.05, 3.63) is 77.0 Å². The van der Waals surface area contributed by atoms with Crippen LogP contribution in [0.3, 0.4) is 0 Å². The Morgan fingerprint density at radius 3 is 2.39 bits per heavy atom. The van der Waals surface area contributed by atoms with Crippen molar-refractivity contribution in [3.63, 3.8) is 0 Å². The summed E-state index contributed by atoms with van der Waals surface area (Å²) < 4.78 is 10.6. The van der Waals surface area contributed by atoms with Crippen molar-refractivity contribution < 1.29 is 23.9 Å². The lowest BCUT2D eigenvalue weighted by Gasteiger charge is -2.16. The van der Waals surface area contributed by atoms with Gasteiger partial charge in [0, 0.05) is 10.9 Å². The SMILES string of the molecule is CCOC(=O)c1c(COC(=O)[C@H](C)NC(=O)c2ccccc2)nc2ccccc2c1C. The van der Waals surface area contributed by atoms with Crippen LogP contribution in [0.25, 0.3) is 10.9 Å². The van der Waals surface area contributed by atoms with E-state index in [4.69, 9.17) is 9.47 Å². The molecule has 160 valence electrons. The van der Waals surface area contributed by atoms with Gasteiger partial charge >= 0.3 is 11.9 Å². The molecule has 0 unspecified atom stereocenters. The molecule has 3 rings (SSSR count). The molecular formula is C24H24N2O5. The average Bonchev–Trinajstić information content (AvgIpc) is 2.78. The normalized spacial score (nSPS) is 11.6. The quantitative estimate of drug-likeness (QED) is 0.587. The third kappa shape index (κ3) is 5.06. The zero-order chi connectivity index (χ0) is 22.4. The van der Waals surface area contributed by atoms with Gasteiger partial charge in [-0.3, -0.25) is 4.79 Å². The van der Waals surface area contributed by atoms with Crippen LogP contribution in [0.15, 0.2) is 54.6 Å². The second-order valence-corrected chi connectivity index (χ2v) is 6.97. The van der Waals surface area contributed by atoms with E-state index in [0.717, 1.165) is 5.39 Å². The molecule has 0 aliphatic heterocycles. The van der Waals surface area contributed by atoms with Crippen LogP contribution in [-0.2, 0) is 20.9 Å². The van der Waals surface area contributed by atoms with Gasteiger partial charge in [-0.1, -0.05) is 36.4 Å². The largest absolute Gasteiger partial charge is 0.462 e. The number of benzene rings is 2. The van der Waals surface area contributed by atoms with Crippen molar-refractivity contribution in [2.75, 3.05) is 6.61 Å². The van der Waals surface area contributed by atoms with E-state index >= 15 is 0 Å². The first-order chi connectivity index (χ1) is 14.9. The van der Waals surface area contributed by atoms with Gasteiger partial charge in [-0.2, -0.15) is 0 Å². The predicted octanol–water partition coefficient (Wildman–Crippen LogP) is 3.58. The Balaban J connectivity index is 1.77. The number of aryl methyl sites for hydroxylation is 1. The van der Waals surface area contributed by atoms with Gasteiger partial charge in [0.15, 0.2) is 0 Å². The number of para-hydroxylation sites is 1. The average molecular weight is 420 g/mol. The lowest BCUT2D eigenvalue weighted by atomic mass is 10.0. The first-order valence-corrected chi connectivity index (χ1v) is 10.00. The van der Waals surface area contributed by atoms with Crippen LogP contribution in [-0.4, -0.2) is 35.5 Å². The van der Waals surface area contributed by atoms with E-state index in [1.807, 2.05) is 31.2 Å². The number of esters is 2. The van der Waals surface area contributed by atoms with E-state index in [-0.39, 0.29) is 24.7 Å². The van der Waals surface area contributed by atoms with E-state index in [2.05, 4.69) is 10.3 Å². The Labute approximate surface area is 180 Å². The van der Waals surface area contributed by atoms with Crippen LogP contribution in [0.1, 0.15) is 45.8 Å². The summed E-state index contributed by atoms with van der Waals surface area (Å²) >= 11 is 0. The molecule has 0 saturated carbocycles. The van der Waals surface area contributed by atoms with E-state index in [1.165, 1.54) is 6.92 Å². The fraction of sp³-hybridized carbons (Fsp3) is 0.250. The molecule has 31 heavy (non-hydrogen) atoms. The topological polar surface area (TPSA) is 94.6 Å². The first-order valence-electron chi connectivity index (χ1n) is 10.00. The number of nitrogens with one attached hydrogen (secondary N) is 1. The Morgan fingerprint density at radius 1 is 1.00 bits per heavy atom. The number of rotatable bonds is 7. The number of ether oxygens (including phenoxy) is 2. The summed E-state index contributed by atoms with van der Waals surface area (Å²) in [6, 6.07) is 15.1. The van der Waals surface area contributed by atoms with Crippen molar-refractivity contribution in [2.45, 2.75) is 33.4 Å². The third-order valence-electron chi connectivity index (χ3n) is 4.79. The molecule has 3 aromatic rings. The number of aromatic nitrogens is 1. The van der Waals surface area contributed by atoms with Gasteiger partial charge in [-0.05, 0) is 44.5 Å². The summed E-state index contributed by atoms with van der Waals surface area (Å²) in [5.74, 6) is -1.53. The molecule has 1 aromatic heterocycles. The highest BCUT2D eigenvalue weighted by Gasteiger charge is 2.23. The maximum atomic E-state index is 12.6. The van der Waals surface area contributed by atoms with Gasteiger partial charge in [-0.25, -0.2) is 14.6 Å². The van der Waals surface area contributed by atoms with Crippen molar-refractivity contribution >= 4 is 28.7 Å². The molecule has 7 heteroatoms. The Kier molecular flexibility index (Phi) is 6.97. The van der Waals surface area contributed by atoms with E-state index in [9.17, 15) is 14.4 Å². The molecule has 0 bridgehead atoms.